The number of rotatable bonds is 6. The molecule has 0 saturated carbocycles. The summed E-state index contributed by atoms with van der Waals surface area (Å²) in [5.74, 6) is -0.347. The Balaban J connectivity index is 0.00000242. The molecule has 1 atom stereocenters. The molecular formula is C16H22ClNO4. The number of aryl methyl sites for hydroxylation is 1. The molecule has 1 aromatic rings. The molecule has 0 spiro atoms. The van der Waals surface area contributed by atoms with Gasteiger partial charge >= 0.3 is 5.97 Å². The van der Waals surface area contributed by atoms with E-state index < -0.39 is 11.9 Å². The molecule has 0 bridgehead atoms. The summed E-state index contributed by atoms with van der Waals surface area (Å²) in [6, 6.07) is 7.73. The summed E-state index contributed by atoms with van der Waals surface area (Å²) in [5.41, 5.74) is 1.08. The van der Waals surface area contributed by atoms with Crippen molar-refractivity contribution in [2.75, 3.05) is 19.7 Å². The van der Waals surface area contributed by atoms with Crippen LogP contribution in [0.3, 0.4) is 0 Å². The molecule has 1 fully saturated rings. The smallest absolute Gasteiger partial charge is 0.308 e. The molecule has 22 heavy (non-hydrogen) atoms. The number of likely N-dealkylation sites (tertiary alicyclic amines) is 1. The number of benzene rings is 1. The van der Waals surface area contributed by atoms with E-state index in [9.17, 15) is 9.59 Å². The largest absolute Gasteiger partial charge is 0.494 e. The fraction of sp³-hybridized carbons (Fsp3) is 0.500. The Kier molecular flexibility index (Phi) is 7.18. The Labute approximate surface area is 136 Å². The summed E-state index contributed by atoms with van der Waals surface area (Å²) >= 11 is 0. The van der Waals surface area contributed by atoms with E-state index in [4.69, 9.17) is 9.84 Å². The van der Waals surface area contributed by atoms with E-state index in [1.54, 1.807) is 4.90 Å². The summed E-state index contributed by atoms with van der Waals surface area (Å²) < 4.78 is 5.37. The standard InChI is InChI=1S/C16H21NO4.ClH/c1-2-21-14-6-3-12(4-7-14)5-8-15(18)17-10-9-13(11-17)16(19)20;/h3-4,6-7,13H,2,5,8-11H2,1H3,(H,19,20);1H. The van der Waals surface area contributed by atoms with Crippen LogP contribution in [0.4, 0.5) is 0 Å². The summed E-state index contributed by atoms with van der Waals surface area (Å²) in [4.78, 5) is 24.6. The van der Waals surface area contributed by atoms with Gasteiger partial charge in [0.1, 0.15) is 5.75 Å². The molecule has 6 heteroatoms. The molecule has 122 valence electrons. The van der Waals surface area contributed by atoms with Crippen LogP contribution >= 0.6 is 12.4 Å². The number of ether oxygens (including phenoxy) is 1. The first-order chi connectivity index (χ1) is 10.1. The van der Waals surface area contributed by atoms with Crippen LogP contribution in [-0.4, -0.2) is 41.6 Å². The highest BCUT2D eigenvalue weighted by Gasteiger charge is 2.30. The van der Waals surface area contributed by atoms with Gasteiger partial charge in [0, 0.05) is 19.5 Å². The second-order valence-corrected chi connectivity index (χ2v) is 5.24. The number of aliphatic carboxylic acids is 1. The quantitative estimate of drug-likeness (QED) is 0.871. The number of hydrogen-bond donors (Lipinski definition) is 1. The van der Waals surface area contributed by atoms with E-state index in [0.29, 0.717) is 39.0 Å². The summed E-state index contributed by atoms with van der Waals surface area (Å²) in [7, 11) is 0. The topological polar surface area (TPSA) is 66.8 Å². The second kappa shape index (κ2) is 8.63. The van der Waals surface area contributed by atoms with Crippen molar-refractivity contribution in [3.05, 3.63) is 29.8 Å². The second-order valence-electron chi connectivity index (χ2n) is 5.24. The summed E-state index contributed by atoms with van der Waals surface area (Å²) in [6.07, 6.45) is 1.64. The van der Waals surface area contributed by atoms with Crippen molar-refractivity contribution in [1.29, 1.82) is 0 Å². The molecule has 0 radical (unpaired) electrons. The lowest BCUT2D eigenvalue weighted by Crippen LogP contribution is -2.30. The first-order valence-electron chi connectivity index (χ1n) is 7.32. The van der Waals surface area contributed by atoms with Gasteiger partial charge in [0.15, 0.2) is 0 Å². The Morgan fingerprint density at radius 2 is 2.00 bits per heavy atom. The number of nitrogens with zero attached hydrogens (tertiary/aromatic N) is 1. The molecule has 1 aliphatic rings. The zero-order chi connectivity index (χ0) is 15.2. The van der Waals surface area contributed by atoms with Crippen LogP contribution in [0.25, 0.3) is 0 Å². The lowest BCUT2D eigenvalue weighted by Gasteiger charge is -2.15. The monoisotopic (exact) mass is 327 g/mol. The van der Waals surface area contributed by atoms with E-state index in [2.05, 4.69) is 0 Å². The number of carbonyl (C=O) groups is 2. The highest BCUT2D eigenvalue weighted by molar-refractivity contribution is 5.85. The zero-order valence-corrected chi connectivity index (χ0v) is 13.5. The van der Waals surface area contributed by atoms with Crippen LogP contribution < -0.4 is 4.74 Å². The van der Waals surface area contributed by atoms with Crippen LogP contribution in [0, 0.1) is 5.92 Å². The van der Waals surface area contributed by atoms with Crippen LogP contribution in [0.2, 0.25) is 0 Å². The van der Waals surface area contributed by atoms with E-state index in [1.165, 1.54) is 0 Å². The molecule has 1 saturated heterocycles. The van der Waals surface area contributed by atoms with Crippen LogP contribution in [-0.2, 0) is 16.0 Å². The van der Waals surface area contributed by atoms with E-state index in [0.717, 1.165) is 11.3 Å². The van der Waals surface area contributed by atoms with Crippen molar-refractivity contribution in [3.63, 3.8) is 0 Å². The summed E-state index contributed by atoms with van der Waals surface area (Å²) in [6.45, 7) is 3.47. The predicted octanol–water partition coefficient (Wildman–Crippen LogP) is 2.37. The Bertz CT molecular complexity index is 503. The van der Waals surface area contributed by atoms with Gasteiger partial charge in [0.2, 0.25) is 5.91 Å². The molecule has 1 amide bonds. The number of halogens is 1. The number of hydrogen-bond acceptors (Lipinski definition) is 3. The predicted molar refractivity (Wildman–Crippen MR) is 85.5 cm³/mol. The molecule has 0 aromatic heterocycles. The van der Waals surface area contributed by atoms with Crippen molar-refractivity contribution in [3.8, 4) is 5.75 Å². The van der Waals surface area contributed by atoms with Gasteiger partial charge in [-0.25, -0.2) is 0 Å². The Morgan fingerprint density at radius 1 is 1.32 bits per heavy atom. The maximum atomic E-state index is 12.1. The molecule has 1 unspecified atom stereocenters. The molecule has 1 aliphatic heterocycles. The van der Waals surface area contributed by atoms with Crippen molar-refractivity contribution < 1.29 is 19.4 Å². The van der Waals surface area contributed by atoms with Gasteiger partial charge in [0.05, 0.1) is 12.5 Å². The first-order valence-corrected chi connectivity index (χ1v) is 7.32. The minimum Gasteiger partial charge on any atom is -0.494 e. The van der Waals surface area contributed by atoms with Crippen LogP contribution in [0.15, 0.2) is 24.3 Å². The lowest BCUT2D eigenvalue weighted by molar-refractivity contribution is -0.141. The van der Waals surface area contributed by atoms with Gasteiger partial charge < -0.3 is 14.7 Å². The van der Waals surface area contributed by atoms with Crippen molar-refractivity contribution in [2.24, 2.45) is 5.92 Å². The zero-order valence-electron chi connectivity index (χ0n) is 12.7. The molecule has 0 aliphatic carbocycles. The van der Waals surface area contributed by atoms with E-state index in [1.807, 2.05) is 31.2 Å². The van der Waals surface area contributed by atoms with Gasteiger partial charge in [-0.2, -0.15) is 0 Å². The first kappa shape index (κ1) is 18.3. The minimum atomic E-state index is -0.809. The number of amides is 1. The minimum absolute atomic E-state index is 0. The molecule has 1 N–H and O–H groups in total. The average molecular weight is 328 g/mol. The van der Waals surface area contributed by atoms with Gasteiger partial charge in [-0.3, -0.25) is 9.59 Å². The fourth-order valence-electron chi connectivity index (χ4n) is 2.52. The van der Waals surface area contributed by atoms with Gasteiger partial charge in [0.25, 0.3) is 0 Å². The Hall–Kier alpha value is -1.75. The number of carboxylic acid groups (broad SMARTS) is 1. The third-order valence-electron chi connectivity index (χ3n) is 3.75. The Morgan fingerprint density at radius 3 is 2.55 bits per heavy atom. The number of carbonyl (C=O) groups excluding carboxylic acids is 1. The third kappa shape index (κ3) is 4.91. The van der Waals surface area contributed by atoms with Gasteiger partial charge in [-0.15, -0.1) is 12.4 Å². The van der Waals surface area contributed by atoms with Crippen LogP contribution in [0.1, 0.15) is 25.3 Å². The molecule has 5 nitrogen and oxygen atoms in total. The van der Waals surface area contributed by atoms with Gasteiger partial charge in [-0.1, -0.05) is 12.1 Å². The maximum absolute atomic E-state index is 12.1. The van der Waals surface area contributed by atoms with E-state index in [-0.39, 0.29) is 18.3 Å². The lowest BCUT2D eigenvalue weighted by atomic mass is 10.1. The molecular weight excluding hydrogens is 306 g/mol. The molecule has 1 aromatic carbocycles. The summed E-state index contributed by atoms with van der Waals surface area (Å²) in [5, 5.41) is 8.94. The number of carboxylic acids is 1. The maximum Gasteiger partial charge on any atom is 0.308 e. The average Bonchev–Trinajstić information content (AvgIpc) is 2.97. The van der Waals surface area contributed by atoms with Crippen molar-refractivity contribution in [1.82, 2.24) is 4.90 Å². The fourth-order valence-corrected chi connectivity index (χ4v) is 2.52. The van der Waals surface area contributed by atoms with Crippen LogP contribution in [0.5, 0.6) is 5.75 Å². The van der Waals surface area contributed by atoms with Crippen molar-refractivity contribution >= 4 is 24.3 Å². The SMILES string of the molecule is CCOc1ccc(CCC(=O)N2CCC(C(=O)O)C2)cc1.Cl. The molecule has 1 heterocycles. The van der Waals surface area contributed by atoms with Gasteiger partial charge in [-0.05, 0) is 37.5 Å². The highest BCUT2D eigenvalue weighted by atomic mass is 35.5. The van der Waals surface area contributed by atoms with E-state index >= 15 is 0 Å². The van der Waals surface area contributed by atoms with Crippen molar-refractivity contribution in [2.45, 2.75) is 26.2 Å². The third-order valence-corrected chi connectivity index (χ3v) is 3.75. The molecule has 2 rings (SSSR count). The highest BCUT2D eigenvalue weighted by Crippen LogP contribution is 2.18. The normalized spacial score (nSPS) is 17.0.